The Kier molecular flexibility index (Phi) is 5.12. The molecule has 2 N–H and O–H groups in total. The van der Waals surface area contributed by atoms with Crippen LogP contribution in [0.3, 0.4) is 0 Å². The van der Waals surface area contributed by atoms with E-state index >= 15 is 0 Å². The predicted octanol–water partition coefficient (Wildman–Crippen LogP) is 0.800. The van der Waals surface area contributed by atoms with Crippen LogP contribution < -0.4 is 5.73 Å². The fourth-order valence-corrected chi connectivity index (χ4v) is 2.08. The predicted molar refractivity (Wildman–Crippen MR) is 60.9 cm³/mol. The molecule has 1 saturated carbocycles. The third kappa shape index (κ3) is 4.54. The molecule has 0 bridgehead atoms. The number of esters is 1. The molecule has 1 aliphatic carbocycles. The van der Waals surface area contributed by atoms with Gasteiger partial charge in [-0.25, -0.2) is 0 Å². The molecule has 0 aromatic carbocycles. The van der Waals surface area contributed by atoms with E-state index in [9.17, 15) is 14.4 Å². The zero-order valence-electron chi connectivity index (χ0n) is 10.1. The maximum absolute atomic E-state index is 11.7. The summed E-state index contributed by atoms with van der Waals surface area (Å²) in [4.78, 5) is 33.4. The summed E-state index contributed by atoms with van der Waals surface area (Å²) < 4.78 is 5.08. The molecule has 5 nitrogen and oxygen atoms in total. The first-order chi connectivity index (χ1) is 8.00. The number of hydrogen-bond donors (Lipinski definition) is 1. The second-order valence-corrected chi connectivity index (χ2v) is 4.60. The molecular formula is C12H19NO4. The van der Waals surface area contributed by atoms with Crippen molar-refractivity contribution in [2.75, 3.05) is 6.61 Å². The molecule has 1 aliphatic rings. The summed E-state index contributed by atoms with van der Waals surface area (Å²) in [6.07, 6.45) is 2.19. The van der Waals surface area contributed by atoms with Crippen LogP contribution in [0.5, 0.6) is 0 Å². The lowest BCUT2D eigenvalue weighted by atomic mass is 9.80. The van der Waals surface area contributed by atoms with Crippen molar-refractivity contribution in [3.05, 3.63) is 0 Å². The van der Waals surface area contributed by atoms with Gasteiger partial charge in [-0.05, 0) is 18.8 Å². The van der Waals surface area contributed by atoms with Crippen LogP contribution in [-0.2, 0) is 19.1 Å². The molecule has 1 fully saturated rings. The first-order valence-electron chi connectivity index (χ1n) is 5.97. The normalized spacial score (nSPS) is 24.4. The van der Waals surface area contributed by atoms with Crippen molar-refractivity contribution < 1.29 is 19.1 Å². The highest BCUT2D eigenvalue weighted by Crippen LogP contribution is 2.28. The Morgan fingerprint density at radius 1 is 1.47 bits per heavy atom. The van der Waals surface area contributed by atoms with Gasteiger partial charge in [-0.1, -0.05) is 6.92 Å². The summed E-state index contributed by atoms with van der Waals surface area (Å²) in [5.41, 5.74) is 4.97. The molecule has 0 aromatic heterocycles. The summed E-state index contributed by atoms with van der Waals surface area (Å²) in [5, 5.41) is 0. The van der Waals surface area contributed by atoms with Gasteiger partial charge in [-0.3, -0.25) is 14.4 Å². The maximum atomic E-state index is 11.7. The lowest BCUT2D eigenvalue weighted by Gasteiger charge is -2.25. The molecule has 1 rings (SSSR count). The minimum atomic E-state index is -0.391. The van der Waals surface area contributed by atoms with Crippen LogP contribution in [0.4, 0.5) is 0 Å². The number of nitrogens with two attached hydrogens (primary N) is 1. The smallest absolute Gasteiger partial charge is 0.309 e. The van der Waals surface area contributed by atoms with Crippen molar-refractivity contribution in [1.29, 1.82) is 0 Å². The highest BCUT2D eigenvalue weighted by molar-refractivity contribution is 5.83. The van der Waals surface area contributed by atoms with Crippen molar-refractivity contribution in [3.63, 3.8) is 0 Å². The largest absolute Gasteiger partial charge is 0.465 e. The van der Waals surface area contributed by atoms with Gasteiger partial charge in [0.25, 0.3) is 0 Å². The topological polar surface area (TPSA) is 86.5 Å². The van der Waals surface area contributed by atoms with E-state index in [0.717, 1.165) is 0 Å². The van der Waals surface area contributed by atoms with Crippen LogP contribution >= 0.6 is 0 Å². The number of primary amides is 1. The molecular weight excluding hydrogens is 222 g/mol. The number of amides is 1. The lowest BCUT2D eigenvalue weighted by molar-refractivity contribution is -0.152. The summed E-state index contributed by atoms with van der Waals surface area (Å²) in [6, 6.07) is 0. The Morgan fingerprint density at radius 3 is 2.76 bits per heavy atom. The van der Waals surface area contributed by atoms with E-state index in [1.165, 1.54) is 0 Å². The zero-order valence-corrected chi connectivity index (χ0v) is 10.1. The third-order valence-electron chi connectivity index (χ3n) is 3.09. The van der Waals surface area contributed by atoms with Crippen LogP contribution in [0.1, 0.15) is 39.0 Å². The van der Waals surface area contributed by atoms with Gasteiger partial charge in [-0.15, -0.1) is 0 Å². The first kappa shape index (κ1) is 13.7. The number of rotatable bonds is 5. The van der Waals surface area contributed by atoms with E-state index in [1.807, 2.05) is 6.92 Å². The van der Waals surface area contributed by atoms with Crippen LogP contribution in [0.15, 0.2) is 0 Å². The number of ketones is 1. The van der Waals surface area contributed by atoms with Crippen molar-refractivity contribution >= 4 is 17.7 Å². The van der Waals surface area contributed by atoms with Crippen LogP contribution in [0.25, 0.3) is 0 Å². The number of carbonyl (C=O) groups excluding carboxylic acids is 3. The summed E-state index contributed by atoms with van der Waals surface area (Å²) in [5.74, 6) is -0.552. The molecule has 17 heavy (non-hydrogen) atoms. The highest BCUT2D eigenvalue weighted by atomic mass is 16.5. The van der Waals surface area contributed by atoms with Gasteiger partial charge in [0.15, 0.2) is 0 Å². The fourth-order valence-electron chi connectivity index (χ4n) is 2.08. The number of Topliss-reactive ketones (excluding diaryl/α,β-unsaturated/α-hetero) is 1. The Morgan fingerprint density at radius 2 is 2.18 bits per heavy atom. The molecule has 1 amide bonds. The zero-order chi connectivity index (χ0) is 12.8. The van der Waals surface area contributed by atoms with Gasteiger partial charge in [-0.2, -0.15) is 0 Å². The van der Waals surface area contributed by atoms with Gasteiger partial charge in [0.2, 0.25) is 5.91 Å². The molecule has 0 aliphatic heterocycles. The Bertz CT molecular complexity index is 314. The molecule has 0 spiro atoms. The number of ether oxygens (including phenoxy) is 1. The van der Waals surface area contributed by atoms with Crippen molar-refractivity contribution in [2.24, 2.45) is 17.6 Å². The van der Waals surface area contributed by atoms with E-state index < -0.39 is 5.91 Å². The molecule has 2 atom stereocenters. The number of carbonyl (C=O) groups is 3. The molecule has 0 aromatic rings. The highest BCUT2D eigenvalue weighted by Gasteiger charge is 2.32. The van der Waals surface area contributed by atoms with Crippen molar-refractivity contribution in [1.82, 2.24) is 0 Å². The lowest BCUT2D eigenvalue weighted by Crippen LogP contribution is -2.30. The molecule has 0 radical (unpaired) electrons. The molecule has 0 unspecified atom stereocenters. The Labute approximate surface area is 101 Å². The second kappa shape index (κ2) is 6.37. The van der Waals surface area contributed by atoms with Gasteiger partial charge in [0.1, 0.15) is 5.78 Å². The molecule has 5 heteroatoms. The minimum Gasteiger partial charge on any atom is -0.465 e. The minimum absolute atomic E-state index is 0.0555. The summed E-state index contributed by atoms with van der Waals surface area (Å²) in [7, 11) is 0. The summed E-state index contributed by atoms with van der Waals surface area (Å²) in [6.45, 7) is 2.12. The average Bonchev–Trinajstić information content (AvgIpc) is 2.23. The van der Waals surface area contributed by atoms with Gasteiger partial charge in [0.05, 0.1) is 12.5 Å². The van der Waals surface area contributed by atoms with Crippen LogP contribution in [0, 0.1) is 11.8 Å². The average molecular weight is 241 g/mol. The van der Waals surface area contributed by atoms with Crippen LogP contribution in [0.2, 0.25) is 0 Å². The number of hydrogen-bond acceptors (Lipinski definition) is 4. The SMILES string of the molecule is C[C@@H]1CC(=O)CC[C@H]1C(=O)OCCCC(N)=O. The maximum Gasteiger partial charge on any atom is 0.309 e. The monoisotopic (exact) mass is 241 g/mol. The Hall–Kier alpha value is -1.39. The standard InChI is InChI=1S/C12H19NO4/c1-8-7-9(14)4-5-10(8)12(16)17-6-2-3-11(13)15/h8,10H,2-7H2,1H3,(H2,13,15)/t8-,10-/m1/s1. The van der Waals surface area contributed by atoms with Gasteiger partial charge >= 0.3 is 5.97 Å². The van der Waals surface area contributed by atoms with E-state index in [0.29, 0.717) is 25.7 Å². The van der Waals surface area contributed by atoms with E-state index in [4.69, 9.17) is 10.5 Å². The van der Waals surface area contributed by atoms with E-state index in [2.05, 4.69) is 0 Å². The van der Waals surface area contributed by atoms with Crippen molar-refractivity contribution in [2.45, 2.75) is 39.0 Å². The fraction of sp³-hybridized carbons (Fsp3) is 0.750. The summed E-state index contributed by atoms with van der Waals surface area (Å²) >= 11 is 0. The van der Waals surface area contributed by atoms with Gasteiger partial charge < -0.3 is 10.5 Å². The Balaban J connectivity index is 2.27. The second-order valence-electron chi connectivity index (χ2n) is 4.60. The molecule has 0 heterocycles. The molecule has 0 saturated heterocycles. The third-order valence-corrected chi connectivity index (χ3v) is 3.09. The van der Waals surface area contributed by atoms with E-state index in [1.54, 1.807) is 0 Å². The van der Waals surface area contributed by atoms with Gasteiger partial charge in [0, 0.05) is 19.3 Å². The van der Waals surface area contributed by atoms with Crippen LogP contribution in [-0.4, -0.2) is 24.3 Å². The van der Waals surface area contributed by atoms with E-state index in [-0.39, 0.29) is 36.6 Å². The first-order valence-corrected chi connectivity index (χ1v) is 5.97. The quantitative estimate of drug-likeness (QED) is 0.569. The molecule has 96 valence electrons. The van der Waals surface area contributed by atoms with Crippen molar-refractivity contribution in [3.8, 4) is 0 Å².